The molecule has 1 aromatic carbocycles. The van der Waals surface area contributed by atoms with Crippen LogP contribution in [0.1, 0.15) is 55.7 Å². The average molecular weight is 355 g/mol. The molecule has 1 aliphatic heterocycles. The van der Waals surface area contributed by atoms with Crippen LogP contribution in [0.5, 0.6) is 0 Å². The van der Waals surface area contributed by atoms with Crippen molar-refractivity contribution in [2.75, 3.05) is 0 Å². The molecule has 2 N–H and O–H groups in total. The van der Waals surface area contributed by atoms with Crippen molar-refractivity contribution < 1.29 is 4.79 Å². The molecular weight excluding hydrogens is 331 g/mol. The first kappa shape index (κ1) is 17.1. The number of aryl methyl sites for hydroxylation is 1. The number of benzene rings is 1. The van der Waals surface area contributed by atoms with E-state index < -0.39 is 0 Å². The minimum atomic E-state index is 0. The van der Waals surface area contributed by atoms with Crippen LogP contribution in [0, 0.1) is 5.92 Å². The van der Waals surface area contributed by atoms with Gasteiger partial charge in [0.05, 0.1) is 12.1 Å². The summed E-state index contributed by atoms with van der Waals surface area (Å²) in [7, 11) is 0. The van der Waals surface area contributed by atoms with Gasteiger partial charge < -0.3 is 10.6 Å². The quantitative estimate of drug-likeness (QED) is 0.848. The second kappa shape index (κ2) is 7.00. The average Bonchev–Trinajstić information content (AvgIpc) is 3.11. The number of rotatable bonds is 2. The molecule has 3 nitrogen and oxygen atoms in total. The highest BCUT2D eigenvalue weighted by Gasteiger charge is 2.39. The van der Waals surface area contributed by atoms with Crippen LogP contribution in [0.2, 0.25) is 5.02 Å². The number of amides is 1. The van der Waals surface area contributed by atoms with Gasteiger partial charge in [0.1, 0.15) is 0 Å². The number of carbonyl (C=O) groups is 1. The zero-order valence-electron chi connectivity index (χ0n) is 13.2. The molecule has 0 radical (unpaired) electrons. The molecule has 126 valence electrons. The Morgan fingerprint density at radius 3 is 2.87 bits per heavy atom. The first-order chi connectivity index (χ1) is 10.7. The van der Waals surface area contributed by atoms with Crippen LogP contribution in [0.3, 0.4) is 0 Å². The minimum absolute atomic E-state index is 0. The lowest BCUT2D eigenvalue weighted by atomic mass is 9.85. The Bertz CT molecular complexity index is 578. The third-order valence-corrected chi connectivity index (χ3v) is 5.91. The summed E-state index contributed by atoms with van der Waals surface area (Å²) in [5, 5.41) is 7.61. The van der Waals surface area contributed by atoms with E-state index in [1.807, 2.05) is 12.1 Å². The highest BCUT2D eigenvalue weighted by molar-refractivity contribution is 6.30. The highest BCUT2D eigenvalue weighted by Crippen LogP contribution is 2.35. The van der Waals surface area contributed by atoms with Crippen LogP contribution in [0.15, 0.2) is 18.2 Å². The van der Waals surface area contributed by atoms with Gasteiger partial charge in [0, 0.05) is 11.1 Å². The predicted molar refractivity (Wildman–Crippen MR) is 95.2 cm³/mol. The molecule has 2 fully saturated rings. The van der Waals surface area contributed by atoms with Crippen molar-refractivity contribution in [3.8, 4) is 0 Å². The fraction of sp³-hybridized carbons (Fsp3) is 0.611. The van der Waals surface area contributed by atoms with Gasteiger partial charge in [-0.3, -0.25) is 4.79 Å². The van der Waals surface area contributed by atoms with Crippen LogP contribution in [0.25, 0.3) is 0 Å². The van der Waals surface area contributed by atoms with E-state index in [1.165, 1.54) is 36.8 Å². The second-order valence-electron chi connectivity index (χ2n) is 7.05. The Kier molecular flexibility index (Phi) is 5.19. The van der Waals surface area contributed by atoms with Crippen molar-refractivity contribution in [1.82, 2.24) is 10.6 Å². The minimum Gasteiger partial charge on any atom is -0.348 e. The lowest BCUT2D eigenvalue weighted by Crippen LogP contribution is -2.44. The molecule has 4 rings (SSSR count). The van der Waals surface area contributed by atoms with Gasteiger partial charge in [-0.1, -0.05) is 30.5 Å². The van der Waals surface area contributed by atoms with Gasteiger partial charge in [0.25, 0.3) is 0 Å². The first-order valence-electron chi connectivity index (χ1n) is 8.55. The van der Waals surface area contributed by atoms with Crippen LogP contribution in [-0.2, 0) is 11.2 Å². The van der Waals surface area contributed by atoms with Crippen LogP contribution < -0.4 is 10.6 Å². The van der Waals surface area contributed by atoms with E-state index in [9.17, 15) is 4.79 Å². The normalized spacial score (nSPS) is 31.9. The van der Waals surface area contributed by atoms with E-state index in [1.54, 1.807) is 0 Å². The van der Waals surface area contributed by atoms with E-state index in [2.05, 4.69) is 16.7 Å². The SMILES string of the molecule is Cl.O=C(NC1CCc2cc(Cl)ccc21)C1CC2CCCCC2N1. The zero-order valence-corrected chi connectivity index (χ0v) is 14.8. The maximum absolute atomic E-state index is 12.6. The van der Waals surface area contributed by atoms with E-state index in [-0.39, 0.29) is 30.4 Å². The molecule has 1 aromatic rings. The second-order valence-corrected chi connectivity index (χ2v) is 7.49. The monoisotopic (exact) mass is 354 g/mol. The fourth-order valence-electron chi connectivity index (χ4n) is 4.53. The lowest BCUT2D eigenvalue weighted by molar-refractivity contribution is -0.123. The van der Waals surface area contributed by atoms with Crippen molar-refractivity contribution in [3.63, 3.8) is 0 Å². The van der Waals surface area contributed by atoms with Crippen LogP contribution in [-0.4, -0.2) is 18.0 Å². The molecule has 0 aromatic heterocycles. The number of nitrogens with one attached hydrogen (secondary N) is 2. The molecule has 5 heteroatoms. The number of hydrogen-bond donors (Lipinski definition) is 2. The summed E-state index contributed by atoms with van der Waals surface area (Å²) in [6.07, 6.45) is 8.15. The van der Waals surface area contributed by atoms with Crippen molar-refractivity contribution >= 4 is 29.9 Å². The Balaban J connectivity index is 0.00000156. The summed E-state index contributed by atoms with van der Waals surface area (Å²) in [5.74, 6) is 0.890. The number of carbonyl (C=O) groups excluding carboxylic acids is 1. The molecule has 1 saturated heterocycles. The predicted octanol–water partition coefficient (Wildman–Crippen LogP) is 3.79. The summed E-state index contributed by atoms with van der Waals surface area (Å²) >= 11 is 6.05. The molecule has 1 amide bonds. The number of hydrogen-bond acceptors (Lipinski definition) is 2. The van der Waals surface area contributed by atoms with E-state index in [0.29, 0.717) is 12.0 Å². The largest absolute Gasteiger partial charge is 0.348 e. The van der Waals surface area contributed by atoms with Gasteiger partial charge >= 0.3 is 0 Å². The van der Waals surface area contributed by atoms with Crippen LogP contribution in [0.4, 0.5) is 0 Å². The zero-order chi connectivity index (χ0) is 15.1. The van der Waals surface area contributed by atoms with Crippen LogP contribution >= 0.6 is 24.0 Å². The molecule has 1 heterocycles. The van der Waals surface area contributed by atoms with E-state index in [4.69, 9.17) is 11.6 Å². The topological polar surface area (TPSA) is 41.1 Å². The Morgan fingerprint density at radius 2 is 2.04 bits per heavy atom. The third kappa shape index (κ3) is 3.38. The Morgan fingerprint density at radius 1 is 1.22 bits per heavy atom. The summed E-state index contributed by atoms with van der Waals surface area (Å²) in [6, 6.07) is 6.75. The first-order valence-corrected chi connectivity index (χ1v) is 8.93. The van der Waals surface area contributed by atoms with Gasteiger partial charge in [-0.25, -0.2) is 0 Å². The summed E-state index contributed by atoms with van der Waals surface area (Å²) < 4.78 is 0. The van der Waals surface area contributed by atoms with Crippen molar-refractivity contribution in [2.45, 2.75) is 63.1 Å². The number of fused-ring (bicyclic) bond motifs is 2. The lowest BCUT2D eigenvalue weighted by Gasteiger charge is -2.24. The Hall–Kier alpha value is -0.770. The van der Waals surface area contributed by atoms with Crippen molar-refractivity contribution in [1.29, 1.82) is 0 Å². The smallest absolute Gasteiger partial charge is 0.237 e. The van der Waals surface area contributed by atoms with E-state index in [0.717, 1.165) is 24.3 Å². The van der Waals surface area contributed by atoms with Gasteiger partial charge in [-0.15, -0.1) is 12.4 Å². The standard InChI is InChI=1S/C18H23ClN2O.ClH/c19-13-6-7-14-11(9-13)5-8-16(14)21-18(22)17-10-12-3-1-2-4-15(12)20-17;/h6-7,9,12,15-17,20H,1-5,8,10H2,(H,21,22);1H. The van der Waals surface area contributed by atoms with E-state index >= 15 is 0 Å². The molecule has 1 saturated carbocycles. The number of halogens is 2. The highest BCUT2D eigenvalue weighted by atomic mass is 35.5. The van der Waals surface area contributed by atoms with Gasteiger partial charge in [0.2, 0.25) is 5.91 Å². The molecular formula is C18H24Cl2N2O. The molecule has 0 bridgehead atoms. The molecule has 4 atom stereocenters. The summed E-state index contributed by atoms with van der Waals surface area (Å²) in [6.45, 7) is 0. The molecule has 0 spiro atoms. The molecule has 4 unspecified atom stereocenters. The molecule has 3 aliphatic rings. The van der Waals surface area contributed by atoms with Gasteiger partial charge in [-0.2, -0.15) is 0 Å². The Labute approximate surface area is 149 Å². The summed E-state index contributed by atoms with van der Waals surface area (Å²) in [4.78, 5) is 12.6. The van der Waals surface area contributed by atoms with Crippen molar-refractivity contribution in [3.05, 3.63) is 34.3 Å². The molecule has 2 aliphatic carbocycles. The van der Waals surface area contributed by atoms with Gasteiger partial charge in [-0.05, 0) is 61.3 Å². The maximum Gasteiger partial charge on any atom is 0.237 e. The fourth-order valence-corrected chi connectivity index (χ4v) is 4.72. The summed E-state index contributed by atoms with van der Waals surface area (Å²) in [5.41, 5.74) is 2.53. The maximum atomic E-state index is 12.6. The van der Waals surface area contributed by atoms with Crippen molar-refractivity contribution in [2.24, 2.45) is 5.92 Å². The molecule has 23 heavy (non-hydrogen) atoms. The third-order valence-electron chi connectivity index (χ3n) is 5.68. The van der Waals surface area contributed by atoms with Gasteiger partial charge in [0.15, 0.2) is 0 Å².